The van der Waals surface area contributed by atoms with Gasteiger partial charge in [0.15, 0.2) is 0 Å². The van der Waals surface area contributed by atoms with Crippen LogP contribution < -0.4 is 5.32 Å². The van der Waals surface area contributed by atoms with Crippen LogP contribution in [0.4, 0.5) is 0 Å². The highest BCUT2D eigenvalue weighted by Gasteiger charge is 2.44. The van der Waals surface area contributed by atoms with Crippen LogP contribution >= 0.6 is 0 Å². The molecule has 3 heteroatoms. The molecule has 2 atom stereocenters. The van der Waals surface area contributed by atoms with Gasteiger partial charge in [-0.15, -0.1) is 0 Å². The number of benzene rings is 1. The first-order valence-corrected chi connectivity index (χ1v) is 6.83. The number of phenols is 1. The molecule has 1 aromatic rings. The molecule has 1 aromatic carbocycles. The Morgan fingerprint density at radius 1 is 1.17 bits per heavy atom. The first kappa shape index (κ1) is 11.6. The van der Waals surface area contributed by atoms with Crippen LogP contribution in [0, 0.1) is 5.92 Å². The number of hydrogen-bond acceptors (Lipinski definition) is 2. The van der Waals surface area contributed by atoms with Crippen molar-refractivity contribution in [2.24, 2.45) is 5.92 Å². The zero-order valence-electron chi connectivity index (χ0n) is 10.4. The van der Waals surface area contributed by atoms with E-state index in [4.69, 9.17) is 0 Å². The summed E-state index contributed by atoms with van der Waals surface area (Å²) in [7, 11) is 0. The molecule has 3 rings (SSSR count). The number of amides is 1. The monoisotopic (exact) mass is 245 g/mol. The third-order valence-corrected chi connectivity index (χ3v) is 4.15. The number of carbonyl (C=O) groups excluding carboxylic acids is 1. The SMILES string of the molecule is O=C(NC1CCCC1)C1CC1c1ccc(O)cc1. The molecule has 2 fully saturated rings. The molecule has 0 spiro atoms. The molecule has 0 bridgehead atoms. The molecule has 0 saturated heterocycles. The van der Waals surface area contributed by atoms with Crippen LogP contribution in [-0.2, 0) is 4.79 Å². The third kappa shape index (κ3) is 2.35. The van der Waals surface area contributed by atoms with Crippen LogP contribution in [0.1, 0.15) is 43.6 Å². The quantitative estimate of drug-likeness (QED) is 0.859. The van der Waals surface area contributed by atoms with Crippen molar-refractivity contribution in [2.75, 3.05) is 0 Å². The molecule has 1 amide bonds. The standard InChI is InChI=1S/C15H19NO2/c17-12-7-5-10(6-8-12)13-9-14(13)15(18)16-11-3-1-2-4-11/h5-8,11,13-14,17H,1-4,9H2,(H,16,18). The van der Waals surface area contributed by atoms with E-state index in [-0.39, 0.29) is 17.6 Å². The van der Waals surface area contributed by atoms with Gasteiger partial charge in [0.2, 0.25) is 5.91 Å². The van der Waals surface area contributed by atoms with Crippen molar-refractivity contribution in [2.45, 2.75) is 44.1 Å². The van der Waals surface area contributed by atoms with Crippen LogP contribution in [0.3, 0.4) is 0 Å². The number of carbonyl (C=O) groups is 1. The van der Waals surface area contributed by atoms with Gasteiger partial charge in [-0.2, -0.15) is 0 Å². The van der Waals surface area contributed by atoms with Gasteiger partial charge in [-0.3, -0.25) is 4.79 Å². The van der Waals surface area contributed by atoms with Gasteiger partial charge in [0, 0.05) is 12.0 Å². The summed E-state index contributed by atoms with van der Waals surface area (Å²) in [6.07, 6.45) is 5.72. The van der Waals surface area contributed by atoms with Gasteiger partial charge in [0.25, 0.3) is 0 Å². The first-order valence-electron chi connectivity index (χ1n) is 6.83. The Balaban J connectivity index is 1.56. The summed E-state index contributed by atoms with van der Waals surface area (Å²) >= 11 is 0. The van der Waals surface area contributed by atoms with Gasteiger partial charge in [-0.25, -0.2) is 0 Å². The highest BCUT2D eigenvalue weighted by atomic mass is 16.3. The van der Waals surface area contributed by atoms with E-state index < -0.39 is 0 Å². The Kier molecular flexibility index (Phi) is 2.98. The zero-order valence-corrected chi connectivity index (χ0v) is 10.4. The predicted molar refractivity (Wildman–Crippen MR) is 69.4 cm³/mol. The van der Waals surface area contributed by atoms with E-state index in [0.717, 1.165) is 19.3 Å². The summed E-state index contributed by atoms with van der Waals surface area (Å²) < 4.78 is 0. The molecule has 0 aliphatic heterocycles. The summed E-state index contributed by atoms with van der Waals surface area (Å²) in [5.74, 6) is 1.01. The van der Waals surface area contributed by atoms with E-state index in [1.165, 1.54) is 18.4 Å². The van der Waals surface area contributed by atoms with Crippen molar-refractivity contribution in [3.05, 3.63) is 29.8 Å². The van der Waals surface area contributed by atoms with E-state index in [0.29, 0.717) is 12.0 Å². The number of hydrogen-bond donors (Lipinski definition) is 2. The Bertz CT molecular complexity index is 434. The van der Waals surface area contributed by atoms with Crippen LogP contribution in [0.5, 0.6) is 5.75 Å². The Morgan fingerprint density at radius 2 is 1.83 bits per heavy atom. The molecule has 2 aliphatic rings. The number of phenolic OH excluding ortho intramolecular Hbond substituents is 1. The van der Waals surface area contributed by atoms with E-state index in [1.807, 2.05) is 12.1 Å². The lowest BCUT2D eigenvalue weighted by Gasteiger charge is -2.11. The van der Waals surface area contributed by atoms with Gasteiger partial charge in [-0.1, -0.05) is 25.0 Å². The fourth-order valence-corrected chi connectivity index (χ4v) is 2.95. The van der Waals surface area contributed by atoms with Crippen LogP contribution in [-0.4, -0.2) is 17.1 Å². The molecule has 2 aliphatic carbocycles. The predicted octanol–water partition coefficient (Wildman–Crippen LogP) is 2.55. The fraction of sp³-hybridized carbons (Fsp3) is 0.533. The molecule has 2 unspecified atom stereocenters. The van der Waals surface area contributed by atoms with Crippen molar-refractivity contribution in [3.8, 4) is 5.75 Å². The number of rotatable bonds is 3. The smallest absolute Gasteiger partial charge is 0.223 e. The molecule has 96 valence electrons. The van der Waals surface area contributed by atoms with Gasteiger partial charge in [-0.05, 0) is 42.9 Å². The largest absolute Gasteiger partial charge is 0.508 e. The van der Waals surface area contributed by atoms with Crippen LogP contribution in [0.25, 0.3) is 0 Å². The zero-order chi connectivity index (χ0) is 12.5. The van der Waals surface area contributed by atoms with Crippen molar-refractivity contribution in [1.29, 1.82) is 0 Å². The van der Waals surface area contributed by atoms with Crippen molar-refractivity contribution in [3.63, 3.8) is 0 Å². The molecule has 0 aromatic heterocycles. The topological polar surface area (TPSA) is 49.3 Å². The maximum Gasteiger partial charge on any atom is 0.223 e. The molecule has 0 heterocycles. The summed E-state index contributed by atoms with van der Waals surface area (Å²) in [4.78, 5) is 12.1. The number of aromatic hydroxyl groups is 1. The number of nitrogens with one attached hydrogen (secondary N) is 1. The van der Waals surface area contributed by atoms with Crippen LogP contribution in [0.2, 0.25) is 0 Å². The summed E-state index contributed by atoms with van der Waals surface area (Å²) in [6, 6.07) is 7.64. The second-order valence-corrected chi connectivity index (χ2v) is 5.53. The molecule has 2 saturated carbocycles. The first-order chi connectivity index (χ1) is 8.74. The van der Waals surface area contributed by atoms with Gasteiger partial charge < -0.3 is 10.4 Å². The lowest BCUT2D eigenvalue weighted by molar-refractivity contribution is -0.123. The van der Waals surface area contributed by atoms with E-state index >= 15 is 0 Å². The molecular formula is C15H19NO2. The van der Waals surface area contributed by atoms with Gasteiger partial charge >= 0.3 is 0 Å². The Hall–Kier alpha value is -1.51. The molecule has 18 heavy (non-hydrogen) atoms. The minimum atomic E-state index is 0.148. The molecule has 0 radical (unpaired) electrons. The average molecular weight is 245 g/mol. The third-order valence-electron chi connectivity index (χ3n) is 4.15. The van der Waals surface area contributed by atoms with Crippen molar-refractivity contribution >= 4 is 5.91 Å². The minimum Gasteiger partial charge on any atom is -0.508 e. The van der Waals surface area contributed by atoms with Crippen LogP contribution in [0.15, 0.2) is 24.3 Å². The Morgan fingerprint density at radius 3 is 2.50 bits per heavy atom. The molecule has 2 N–H and O–H groups in total. The van der Waals surface area contributed by atoms with Gasteiger partial charge in [0.05, 0.1) is 0 Å². The summed E-state index contributed by atoms with van der Waals surface area (Å²) in [5.41, 5.74) is 1.17. The van der Waals surface area contributed by atoms with Gasteiger partial charge in [0.1, 0.15) is 5.75 Å². The van der Waals surface area contributed by atoms with E-state index in [9.17, 15) is 9.90 Å². The second kappa shape index (κ2) is 4.63. The normalized spacial score (nSPS) is 27.1. The van der Waals surface area contributed by atoms with E-state index in [1.54, 1.807) is 12.1 Å². The van der Waals surface area contributed by atoms with E-state index in [2.05, 4.69) is 5.32 Å². The maximum atomic E-state index is 12.1. The van der Waals surface area contributed by atoms with Crippen molar-refractivity contribution in [1.82, 2.24) is 5.32 Å². The molecule has 3 nitrogen and oxygen atoms in total. The molecular weight excluding hydrogens is 226 g/mol. The highest BCUT2D eigenvalue weighted by molar-refractivity contribution is 5.83. The maximum absolute atomic E-state index is 12.1. The second-order valence-electron chi connectivity index (χ2n) is 5.53. The lowest BCUT2D eigenvalue weighted by Crippen LogP contribution is -2.34. The highest BCUT2D eigenvalue weighted by Crippen LogP contribution is 2.47. The summed E-state index contributed by atoms with van der Waals surface area (Å²) in [5, 5.41) is 12.4. The average Bonchev–Trinajstić information content (AvgIpc) is 3.01. The minimum absolute atomic E-state index is 0.148. The van der Waals surface area contributed by atoms with Crippen molar-refractivity contribution < 1.29 is 9.90 Å². The lowest BCUT2D eigenvalue weighted by atomic mass is 10.1. The summed E-state index contributed by atoms with van der Waals surface area (Å²) in [6.45, 7) is 0. The fourth-order valence-electron chi connectivity index (χ4n) is 2.95. The Labute approximate surface area is 107 Å².